The molecule has 0 radical (unpaired) electrons. The Kier molecular flexibility index (Phi) is 4.44. The van der Waals surface area contributed by atoms with Crippen LogP contribution in [0.1, 0.15) is 5.56 Å². The average Bonchev–Trinajstić information content (AvgIpc) is 2.40. The summed E-state index contributed by atoms with van der Waals surface area (Å²) in [5.74, 6) is -0.745. The molecule has 0 saturated carbocycles. The van der Waals surface area contributed by atoms with Crippen LogP contribution in [0.3, 0.4) is 0 Å². The van der Waals surface area contributed by atoms with Crippen LogP contribution in [-0.2, 0) is 16.4 Å². The minimum atomic E-state index is -4.00. The van der Waals surface area contributed by atoms with E-state index in [-0.39, 0.29) is 18.0 Å². The first-order chi connectivity index (χ1) is 9.90. The Labute approximate surface area is 122 Å². The zero-order chi connectivity index (χ0) is 15.5. The highest BCUT2D eigenvalue weighted by Crippen LogP contribution is 2.21. The van der Waals surface area contributed by atoms with Gasteiger partial charge < -0.3 is 10.8 Å². The molecule has 2 aromatic rings. The van der Waals surface area contributed by atoms with Gasteiger partial charge in [0.2, 0.25) is 10.0 Å². The van der Waals surface area contributed by atoms with Gasteiger partial charge in [-0.25, -0.2) is 17.5 Å². The number of rotatable bonds is 5. The van der Waals surface area contributed by atoms with E-state index in [4.69, 9.17) is 10.8 Å². The van der Waals surface area contributed by atoms with Crippen molar-refractivity contribution in [3.8, 4) is 5.75 Å². The Morgan fingerprint density at radius 3 is 2.43 bits per heavy atom. The Morgan fingerprint density at radius 2 is 1.81 bits per heavy atom. The van der Waals surface area contributed by atoms with Crippen molar-refractivity contribution in [1.82, 2.24) is 4.72 Å². The predicted molar refractivity (Wildman–Crippen MR) is 77.8 cm³/mol. The van der Waals surface area contributed by atoms with Crippen LogP contribution >= 0.6 is 0 Å². The maximum atomic E-state index is 13.6. The van der Waals surface area contributed by atoms with Crippen molar-refractivity contribution >= 4 is 15.7 Å². The van der Waals surface area contributed by atoms with Crippen molar-refractivity contribution < 1.29 is 17.9 Å². The number of phenolic OH excluding ortho intramolecular Hbond substituents is 1. The quantitative estimate of drug-likeness (QED) is 0.732. The van der Waals surface area contributed by atoms with E-state index in [0.717, 1.165) is 11.6 Å². The SMILES string of the molecule is Nc1cccc(F)c1S(=O)(=O)NCCc1ccc(O)cc1. The summed E-state index contributed by atoms with van der Waals surface area (Å²) in [5, 5.41) is 9.15. The minimum Gasteiger partial charge on any atom is -0.508 e. The molecule has 21 heavy (non-hydrogen) atoms. The normalized spacial score (nSPS) is 11.5. The summed E-state index contributed by atoms with van der Waals surface area (Å²) in [6.45, 7) is 0.0981. The van der Waals surface area contributed by atoms with Gasteiger partial charge in [-0.15, -0.1) is 0 Å². The van der Waals surface area contributed by atoms with E-state index in [2.05, 4.69) is 4.72 Å². The monoisotopic (exact) mass is 310 g/mol. The van der Waals surface area contributed by atoms with E-state index >= 15 is 0 Å². The first-order valence-corrected chi connectivity index (χ1v) is 7.70. The molecular weight excluding hydrogens is 295 g/mol. The number of hydrogen-bond donors (Lipinski definition) is 3. The van der Waals surface area contributed by atoms with Gasteiger partial charge in [0.05, 0.1) is 5.69 Å². The number of benzene rings is 2. The summed E-state index contributed by atoms with van der Waals surface area (Å²) in [7, 11) is -4.00. The molecule has 112 valence electrons. The summed E-state index contributed by atoms with van der Waals surface area (Å²) in [6.07, 6.45) is 0.411. The molecule has 0 bridgehead atoms. The lowest BCUT2D eigenvalue weighted by Crippen LogP contribution is -2.27. The van der Waals surface area contributed by atoms with Gasteiger partial charge in [-0.05, 0) is 36.2 Å². The fourth-order valence-corrected chi connectivity index (χ4v) is 3.09. The third kappa shape index (κ3) is 3.71. The molecule has 0 aliphatic carbocycles. The van der Waals surface area contributed by atoms with E-state index in [0.29, 0.717) is 6.42 Å². The van der Waals surface area contributed by atoms with E-state index in [1.807, 2.05) is 0 Å². The van der Waals surface area contributed by atoms with Gasteiger partial charge in [-0.3, -0.25) is 0 Å². The molecule has 7 heteroatoms. The maximum absolute atomic E-state index is 13.6. The van der Waals surface area contributed by atoms with Gasteiger partial charge in [0.1, 0.15) is 16.5 Å². The predicted octanol–water partition coefficient (Wildman–Crippen LogP) is 1.63. The van der Waals surface area contributed by atoms with Crippen molar-refractivity contribution in [2.45, 2.75) is 11.3 Å². The van der Waals surface area contributed by atoms with Crippen molar-refractivity contribution in [1.29, 1.82) is 0 Å². The lowest BCUT2D eigenvalue weighted by molar-refractivity contribution is 0.475. The number of phenols is 1. The summed E-state index contributed by atoms with van der Waals surface area (Å²) < 4.78 is 40.0. The first-order valence-electron chi connectivity index (χ1n) is 6.22. The van der Waals surface area contributed by atoms with Crippen LogP contribution in [0.15, 0.2) is 47.4 Å². The smallest absolute Gasteiger partial charge is 0.245 e. The van der Waals surface area contributed by atoms with Gasteiger partial charge in [-0.2, -0.15) is 0 Å². The van der Waals surface area contributed by atoms with Crippen molar-refractivity contribution in [2.75, 3.05) is 12.3 Å². The standard InChI is InChI=1S/C14H15FN2O3S/c15-12-2-1-3-13(16)14(12)21(19,20)17-9-8-10-4-6-11(18)7-5-10/h1-7,17-18H,8-9,16H2. The number of sulfonamides is 1. The van der Waals surface area contributed by atoms with Gasteiger partial charge in [0.15, 0.2) is 0 Å². The minimum absolute atomic E-state index is 0.0981. The Balaban J connectivity index is 2.07. The zero-order valence-electron chi connectivity index (χ0n) is 11.1. The summed E-state index contributed by atoms with van der Waals surface area (Å²) >= 11 is 0. The van der Waals surface area contributed by atoms with E-state index < -0.39 is 20.7 Å². The van der Waals surface area contributed by atoms with Crippen molar-refractivity contribution in [2.24, 2.45) is 0 Å². The highest BCUT2D eigenvalue weighted by Gasteiger charge is 2.21. The molecule has 0 heterocycles. The Morgan fingerprint density at radius 1 is 1.14 bits per heavy atom. The molecule has 2 rings (SSSR count). The fraction of sp³-hybridized carbons (Fsp3) is 0.143. The van der Waals surface area contributed by atoms with Gasteiger partial charge in [0.25, 0.3) is 0 Å². The maximum Gasteiger partial charge on any atom is 0.245 e. The topological polar surface area (TPSA) is 92.4 Å². The van der Waals surface area contributed by atoms with Gasteiger partial charge >= 0.3 is 0 Å². The lowest BCUT2D eigenvalue weighted by atomic mass is 10.1. The molecular formula is C14H15FN2O3S. The van der Waals surface area contributed by atoms with Crippen molar-refractivity contribution in [3.05, 3.63) is 53.8 Å². The van der Waals surface area contributed by atoms with Crippen LogP contribution in [0.5, 0.6) is 5.75 Å². The fourth-order valence-electron chi connectivity index (χ4n) is 1.87. The largest absolute Gasteiger partial charge is 0.508 e. The second-order valence-electron chi connectivity index (χ2n) is 4.47. The molecule has 0 aliphatic heterocycles. The first kappa shape index (κ1) is 15.3. The zero-order valence-corrected chi connectivity index (χ0v) is 11.9. The number of anilines is 1. The molecule has 0 aliphatic rings. The van der Waals surface area contributed by atoms with Crippen LogP contribution in [0.25, 0.3) is 0 Å². The Bertz CT molecular complexity index is 710. The second kappa shape index (κ2) is 6.11. The molecule has 0 unspecified atom stereocenters. The molecule has 0 aromatic heterocycles. The van der Waals surface area contributed by atoms with Crippen LogP contribution in [-0.4, -0.2) is 20.1 Å². The number of nitrogens with one attached hydrogen (secondary N) is 1. The number of nitrogen functional groups attached to an aromatic ring is 1. The van der Waals surface area contributed by atoms with Gasteiger partial charge in [-0.1, -0.05) is 18.2 Å². The third-order valence-electron chi connectivity index (χ3n) is 2.91. The summed E-state index contributed by atoms with van der Waals surface area (Å²) in [4.78, 5) is -0.532. The van der Waals surface area contributed by atoms with Crippen LogP contribution in [0, 0.1) is 5.82 Å². The molecule has 0 saturated heterocycles. The number of aromatic hydroxyl groups is 1. The highest BCUT2D eigenvalue weighted by molar-refractivity contribution is 7.89. The van der Waals surface area contributed by atoms with Crippen LogP contribution in [0.4, 0.5) is 10.1 Å². The number of hydrogen-bond acceptors (Lipinski definition) is 4. The molecule has 5 nitrogen and oxygen atoms in total. The molecule has 0 amide bonds. The average molecular weight is 310 g/mol. The number of nitrogens with two attached hydrogens (primary N) is 1. The second-order valence-corrected chi connectivity index (χ2v) is 6.18. The molecule has 0 spiro atoms. The third-order valence-corrected chi connectivity index (χ3v) is 4.46. The van der Waals surface area contributed by atoms with Crippen LogP contribution < -0.4 is 10.5 Å². The highest BCUT2D eigenvalue weighted by atomic mass is 32.2. The summed E-state index contributed by atoms with van der Waals surface area (Å²) in [5.41, 5.74) is 6.23. The van der Waals surface area contributed by atoms with Gasteiger partial charge in [0, 0.05) is 6.54 Å². The number of halogens is 1. The van der Waals surface area contributed by atoms with E-state index in [1.54, 1.807) is 12.1 Å². The van der Waals surface area contributed by atoms with Crippen molar-refractivity contribution in [3.63, 3.8) is 0 Å². The van der Waals surface area contributed by atoms with E-state index in [1.165, 1.54) is 24.3 Å². The Hall–Kier alpha value is -2.12. The van der Waals surface area contributed by atoms with E-state index in [9.17, 15) is 12.8 Å². The summed E-state index contributed by atoms with van der Waals surface area (Å²) in [6, 6.07) is 10.1. The van der Waals surface area contributed by atoms with Crippen LogP contribution in [0.2, 0.25) is 0 Å². The molecule has 2 aromatic carbocycles. The molecule has 4 N–H and O–H groups in total. The molecule has 0 atom stereocenters. The lowest BCUT2D eigenvalue weighted by Gasteiger charge is -2.10. The molecule has 0 fully saturated rings.